The average molecular weight is 242 g/mol. The van der Waals surface area contributed by atoms with Gasteiger partial charge in [-0.3, -0.25) is 0 Å². The number of hydrogen-bond acceptors (Lipinski definition) is 3. The summed E-state index contributed by atoms with van der Waals surface area (Å²) in [6.45, 7) is 2.50. The van der Waals surface area contributed by atoms with Crippen molar-refractivity contribution >= 4 is 0 Å². The first-order chi connectivity index (χ1) is 7.31. The van der Waals surface area contributed by atoms with Gasteiger partial charge in [0.25, 0.3) is 0 Å². The molecule has 1 atom stereocenters. The van der Waals surface area contributed by atoms with Gasteiger partial charge in [0.2, 0.25) is 0 Å². The van der Waals surface area contributed by atoms with Crippen LogP contribution < -0.4 is 5.73 Å². The van der Waals surface area contributed by atoms with E-state index in [1.165, 1.54) is 0 Å². The fraction of sp³-hybridized carbons (Fsp3) is 1.00. The van der Waals surface area contributed by atoms with Gasteiger partial charge in [-0.15, -0.1) is 0 Å². The Morgan fingerprint density at radius 3 is 2.44 bits per heavy atom. The smallest absolute Gasteiger partial charge is 0.372 e. The quantitative estimate of drug-likeness (QED) is 0.657. The van der Waals surface area contributed by atoms with Gasteiger partial charge in [-0.1, -0.05) is 0 Å². The zero-order valence-electron chi connectivity index (χ0n) is 9.89. The maximum atomic E-state index is 11.7. The molecule has 0 bridgehead atoms. The van der Waals surface area contributed by atoms with Gasteiger partial charge in [0, 0.05) is 19.2 Å². The molecule has 0 saturated carbocycles. The summed E-state index contributed by atoms with van der Waals surface area (Å²) in [5.41, 5.74) is 5.59. The Kier molecular flexibility index (Phi) is 7.70. The monoisotopic (exact) mass is 242 g/mol. The van der Waals surface area contributed by atoms with Crippen LogP contribution in [0.1, 0.15) is 19.8 Å². The third-order valence-electron chi connectivity index (χ3n) is 2.06. The van der Waals surface area contributed by atoms with Gasteiger partial charge in [-0.05, 0) is 33.4 Å². The predicted molar refractivity (Wildman–Crippen MR) is 57.3 cm³/mol. The Balaban J connectivity index is 3.31. The molecule has 0 aliphatic carbocycles. The van der Waals surface area contributed by atoms with Crippen molar-refractivity contribution in [3.05, 3.63) is 0 Å². The van der Waals surface area contributed by atoms with Crippen LogP contribution in [-0.4, -0.2) is 50.5 Å². The van der Waals surface area contributed by atoms with E-state index in [2.05, 4.69) is 4.74 Å². The molecule has 0 aromatic heterocycles. The van der Waals surface area contributed by atoms with E-state index in [-0.39, 0.29) is 12.6 Å². The minimum atomic E-state index is -4.22. The van der Waals surface area contributed by atoms with Crippen molar-refractivity contribution in [3.8, 4) is 0 Å². The van der Waals surface area contributed by atoms with E-state index < -0.39 is 12.8 Å². The second kappa shape index (κ2) is 7.86. The molecule has 2 N–H and O–H groups in total. The molecule has 0 radical (unpaired) electrons. The van der Waals surface area contributed by atoms with Gasteiger partial charge in [0.05, 0.1) is 0 Å². The van der Waals surface area contributed by atoms with Crippen LogP contribution in [0.4, 0.5) is 13.2 Å². The Bertz CT molecular complexity index is 174. The number of halogens is 3. The van der Waals surface area contributed by atoms with E-state index in [9.17, 15) is 13.2 Å². The maximum Gasteiger partial charge on any atom is 0.411 e. The van der Waals surface area contributed by atoms with Crippen LogP contribution in [0.5, 0.6) is 0 Å². The third-order valence-corrected chi connectivity index (χ3v) is 2.06. The fourth-order valence-electron chi connectivity index (χ4n) is 1.16. The minimum absolute atomic E-state index is 0.141. The van der Waals surface area contributed by atoms with E-state index in [4.69, 9.17) is 5.73 Å². The Morgan fingerprint density at radius 1 is 1.31 bits per heavy atom. The molecule has 0 aliphatic heterocycles. The predicted octanol–water partition coefficient (Wildman–Crippen LogP) is 1.62. The standard InChI is InChI=1S/C10H21F3N2O/c1-9(14)4-6-15(2)5-3-7-16-8-10(11,12)13/h9H,3-8,14H2,1-2H3. The second-order valence-corrected chi connectivity index (χ2v) is 4.09. The molecular weight excluding hydrogens is 221 g/mol. The first-order valence-corrected chi connectivity index (χ1v) is 5.40. The lowest BCUT2D eigenvalue weighted by Gasteiger charge is -2.17. The van der Waals surface area contributed by atoms with Crippen LogP contribution in [0.25, 0.3) is 0 Å². The molecule has 16 heavy (non-hydrogen) atoms. The summed E-state index contributed by atoms with van der Waals surface area (Å²) in [5.74, 6) is 0. The fourth-order valence-corrected chi connectivity index (χ4v) is 1.16. The van der Waals surface area contributed by atoms with Gasteiger partial charge in [0.15, 0.2) is 0 Å². The van der Waals surface area contributed by atoms with Gasteiger partial charge in [-0.2, -0.15) is 13.2 Å². The largest absolute Gasteiger partial charge is 0.411 e. The summed E-state index contributed by atoms with van der Waals surface area (Å²) >= 11 is 0. The summed E-state index contributed by atoms with van der Waals surface area (Å²) in [6, 6.07) is 0.156. The molecule has 0 aliphatic rings. The van der Waals surface area contributed by atoms with Crippen molar-refractivity contribution in [2.24, 2.45) is 5.73 Å². The molecule has 0 saturated heterocycles. The zero-order valence-corrected chi connectivity index (χ0v) is 9.89. The first-order valence-electron chi connectivity index (χ1n) is 5.40. The molecule has 0 heterocycles. The first kappa shape index (κ1) is 15.7. The van der Waals surface area contributed by atoms with Gasteiger partial charge < -0.3 is 15.4 Å². The van der Waals surface area contributed by atoms with E-state index >= 15 is 0 Å². The molecule has 3 nitrogen and oxygen atoms in total. The summed E-state index contributed by atoms with van der Waals surface area (Å²) in [4.78, 5) is 2.04. The number of nitrogens with two attached hydrogens (primary N) is 1. The van der Waals surface area contributed by atoms with E-state index in [1.54, 1.807) is 0 Å². The third kappa shape index (κ3) is 11.7. The average Bonchev–Trinajstić information content (AvgIpc) is 2.12. The Labute approximate surface area is 94.7 Å². The van der Waals surface area contributed by atoms with Crippen molar-refractivity contribution < 1.29 is 17.9 Å². The van der Waals surface area contributed by atoms with Crippen molar-refractivity contribution in [2.75, 3.05) is 33.4 Å². The van der Waals surface area contributed by atoms with Crippen molar-refractivity contribution in [3.63, 3.8) is 0 Å². The molecule has 0 amide bonds. The molecule has 6 heteroatoms. The number of nitrogens with zero attached hydrogens (tertiary/aromatic N) is 1. The van der Waals surface area contributed by atoms with Crippen molar-refractivity contribution in [1.82, 2.24) is 4.90 Å². The van der Waals surface area contributed by atoms with Crippen LogP contribution in [-0.2, 0) is 4.74 Å². The molecule has 0 aromatic rings. The lowest BCUT2D eigenvalue weighted by molar-refractivity contribution is -0.174. The van der Waals surface area contributed by atoms with Crippen LogP contribution in [0.3, 0.4) is 0 Å². The van der Waals surface area contributed by atoms with Crippen LogP contribution in [0.15, 0.2) is 0 Å². The van der Waals surface area contributed by atoms with Crippen LogP contribution in [0, 0.1) is 0 Å². The molecule has 0 rings (SSSR count). The lowest BCUT2D eigenvalue weighted by Crippen LogP contribution is -2.27. The number of rotatable bonds is 8. The Hall–Kier alpha value is -0.330. The topological polar surface area (TPSA) is 38.5 Å². The normalized spacial score (nSPS) is 14.4. The van der Waals surface area contributed by atoms with Gasteiger partial charge >= 0.3 is 6.18 Å². The highest BCUT2D eigenvalue weighted by Crippen LogP contribution is 2.14. The molecule has 98 valence electrons. The summed E-state index contributed by atoms with van der Waals surface area (Å²) < 4.78 is 39.6. The summed E-state index contributed by atoms with van der Waals surface area (Å²) in [7, 11) is 1.92. The maximum absolute atomic E-state index is 11.7. The highest BCUT2D eigenvalue weighted by Gasteiger charge is 2.27. The van der Waals surface area contributed by atoms with Crippen LogP contribution >= 0.6 is 0 Å². The molecule has 0 spiro atoms. The van der Waals surface area contributed by atoms with E-state index in [0.29, 0.717) is 6.42 Å². The number of ether oxygens (including phenoxy) is 1. The summed E-state index contributed by atoms with van der Waals surface area (Å²) in [5, 5.41) is 0. The summed E-state index contributed by atoms with van der Waals surface area (Å²) in [6.07, 6.45) is -2.73. The van der Waals surface area contributed by atoms with Gasteiger partial charge in [0.1, 0.15) is 6.61 Å². The molecular formula is C10H21F3N2O. The lowest BCUT2D eigenvalue weighted by atomic mass is 10.2. The molecule has 1 unspecified atom stereocenters. The molecule has 0 aromatic carbocycles. The molecule has 0 fully saturated rings. The van der Waals surface area contributed by atoms with E-state index in [0.717, 1.165) is 19.5 Å². The zero-order chi connectivity index (χ0) is 12.6. The second-order valence-electron chi connectivity index (χ2n) is 4.09. The highest BCUT2D eigenvalue weighted by molar-refractivity contribution is 4.58. The Morgan fingerprint density at radius 2 is 1.94 bits per heavy atom. The number of hydrogen-bond donors (Lipinski definition) is 1. The van der Waals surface area contributed by atoms with Crippen molar-refractivity contribution in [1.29, 1.82) is 0 Å². The van der Waals surface area contributed by atoms with Crippen LogP contribution in [0.2, 0.25) is 0 Å². The van der Waals surface area contributed by atoms with Gasteiger partial charge in [-0.25, -0.2) is 0 Å². The minimum Gasteiger partial charge on any atom is -0.372 e. The number of alkyl halides is 3. The highest BCUT2D eigenvalue weighted by atomic mass is 19.4. The van der Waals surface area contributed by atoms with E-state index in [1.807, 2.05) is 18.9 Å². The SMILES string of the molecule is CC(N)CCN(C)CCCOCC(F)(F)F. The van der Waals surface area contributed by atoms with Crippen molar-refractivity contribution in [2.45, 2.75) is 32.0 Å².